The van der Waals surface area contributed by atoms with E-state index in [4.69, 9.17) is 4.74 Å². The van der Waals surface area contributed by atoms with E-state index in [-0.39, 0.29) is 11.6 Å². The monoisotopic (exact) mass is 458 g/mol. The molecule has 34 heavy (non-hydrogen) atoms. The Morgan fingerprint density at radius 2 is 1.82 bits per heavy atom. The Morgan fingerprint density at radius 3 is 2.59 bits per heavy atom. The molecule has 0 spiro atoms. The SMILES string of the molecule is O=C(COc1nc(-c2ccc(-n3cncn3)cc2)nc2ccccc12)Nc1ccc(F)cc1F. The fourth-order valence-corrected chi connectivity index (χ4v) is 3.30. The minimum atomic E-state index is -0.877. The summed E-state index contributed by atoms with van der Waals surface area (Å²) >= 11 is 0. The Labute approximate surface area is 191 Å². The minimum absolute atomic E-state index is 0.143. The molecule has 168 valence electrons. The number of fused-ring (bicyclic) bond motifs is 1. The maximum atomic E-state index is 13.8. The number of carbonyl (C=O) groups excluding carboxylic acids is 1. The highest BCUT2D eigenvalue weighted by atomic mass is 19.1. The molecule has 2 heterocycles. The zero-order chi connectivity index (χ0) is 23.5. The maximum absolute atomic E-state index is 13.8. The van der Waals surface area contributed by atoms with Crippen molar-refractivity contribution in [2.45, 2.75) is 0 Å². The van der Waals surface area contributed by atoms with Crippen LogP contribution in [0.1, 0.15) is 0 Å². The molecule has 2 aromatic heterocycles. The first-order chi connectivity index (χ1) is 16.6. The first-order valence-electron chi connectivity index (χ1n) is 10.2. The van der Waals surface area contributed by atoms with Gasteiger partial charge >= 0.3 is 0 Å². The summed E-state index contributed by atoms with van der Waals surface area (Å²) in [5.74, 6) is -1.62. The summed E-state index contributed by atoms with van der Waals surface area (Å²) in [7, 11) is 0. The summed E-state index contributed by atoms with van der Waals surface area (Å²) in [5.41, 5.74) is 2.05. The number of hydrogen-bond donors (Lipinski definition) is 1. The van der Waals surface area contributed by atoms with E-state index < -0.39 is 24.1 Å². The number of rotatable bonds is 6. The standard InChI is InChI=1S/C24H16F2N6O2/c25-16-7-10-21(19(26)11-16)29-22(33)12-34-24-18-3-1-2-4-20(18)30-23(31-24)15-5-8-17(9-6-15)32-14-27-13-28-32/h1-11,13-14H,12H2,(H,29,33). The third-order valence-corrected chi connectivity index (χ3v) is 4.92. The lowest BCUT2D eigenvalue weighted by molar-refractivity contribution is -0.118. The van der Waals surface area contributed by atoms with Gasteiger partial charge in [0, 0.05) is 11.6 Å². The van der Waals surface area contributed by atoms with Crippen molar-refractivity contribution in [2.24, 2.45) is 0 Å². The number of nitrogens with one attached hydrogen (secondary N) is 1. The minimum Gasteiger partial charge on any atom is -0.467 e. The van der Waals surface area contributed by atoms with Gasteiger partial charge in [-0.15, -0.1) is 0 Å². The van der Waals surface area contributed by atoms with Crippen molar-refractivity contribution in [1.29, 1.82) is 0 Å². The highest BCUT2D eigenvalue weighted by Crippen LogP contribution is 2.27. The van der Waals surface area contributed by atoms with E-state index in [0.717, 1.165) is 23.4 Å². The number of para-hydroxylation sites is 1. The lowest BCUT2D eigenvalue weighted by Gasteiger charge is -2.11. The first kappa shape index (κ1) is 21.1. The first-order valence-corrected chi connectivity index (χ1v) is 10.2. The summed E-state index contributed by atoms with van der Waals surface area (Å²) in [6.45, 7) is -0.428. The molecule has 0 fully saturated rings. The molecule has 0 aliphatic rings. The fraction of sp³-hybridized carbons (Fsp3) is 0.0417. The molecule has 10 heteroatoms. The molecule has 3 aromatic carbocycles. The van der Waals surface area contributed by atoms with Gasteiger partial charge in [0.1, 0.15) is 24.3 Å². The van der Waals surface area contributed by atoms with Gasteiger partial charge in [-0.2, -0.15) is 10.1 Å². The lowest BCUT2D eigenvalue weighted by atomic mass is 10.1. The van der Waals surface area contributed by atoms with Crippen LogP contribution in [0, 0.1) is 11.6 Å². The Balaban J connectivity index is 1.39. The quantitative estimate of drug-likeness (QED) is 0.410. The van der Waals surface area contributed by atoms with Crippen molar-refractivity contribution >= 4 is 22.5 Å². The van der Waals surface area contributed by atoms with Crippen LogP contribution in [-0.2, 0) is 4.79 Å². The van der Waals surface area contributed by atoms with Crippen LogP contribution in [0.5, 0.6) is 5.88 Å². The van der Waals surface area contributed by atoms with Gasteiger partial charge in [0.25, 0.3) is 5.91 Å². The van der Waals surface area contributed by atoms with Crippen LogP contribution in [-0.4, -0.2) is 37.2 Å². The number of halogens is 2. The Hall–Kier alpha value is -4.73. The number of aromatic nitrogens is 5. The summed E-state index contributed by atoms with van der Waals surface area (Å²) in [4.78, 5) is 25.3. The predicted molar refractivity (Wildman–Crippen MR) is 120 cm³/mol. The Bertz CT molecular complexity index is 1470. The average molecular weight is 458 g/mol. The molecule has 5 aromatic rings. The number of anilines is 1. The molecule has 0 aliphatic carbocycles. The van der Waals surface area contributed by atoms with Gasteiger partial charge < -0.3 is 10.1 Å². The molecule has 0 atom stereocenters. The molecule has 1 amide bonds. The maximum Gasteiger partial charge on any atom is 0.262 e. The number of benzene rings is 3. The van der Waals surface area contributed by atoms with Crippen LogP contribution < -0.4 is 10.1 Å². The van der Waals surface area contributed by atoms with Gasteiger partial charge in [0.15, 0.2) is 12.4 Å². The van der Waals surface area contributed by atoms with Gasteiger partial charge in [-0.3, -0.25) is 4.79 Å². The molecule has 0 bridgehead atoms. The number of nitrogens with zero attached hydrogens (tertiary/aromatic N) is 5. The van der Waals surface area contributed by atoms with E-state index in [1.165, 1.54) is 6.33 Å². The second-order valence-corrected chi connectivity index (χ2v) is 7.22. The van der Waals surface area contributed by atoms with Crippen molar-refractivity contribution in [2.75, 3.05) is 11.9 Å². The molecular weight excluding hydrogens is 442 g/mol. The smallest absolute Gasteiger partial charge is 0.262 e. The van der Waals surface area contributed by atoms with Gasteiger partial charge in [-0.1, -0.05) is 12.1 Å². The normalized spacial score (nSPS) is 10.9. The number of amides is 1. The predicted octanol–water partition coefficient (Wildman–Crippen LogP) is 4.17. The highest BCUT2D eigenvalue weighted by molar-refractivity contribution is 5.92. The van der Waals surface area contributed by atoms with Crippen molar-refractivity contribution in [3.63, 3.8) is 0 Å². The van der Waals surface area contributed by atoms with Crippen LogP contribution in [0.4, 0.5) is 14.5 Å². The van der Waals surface area contributed by atoms with Crippen molar-refractivity contribution in [1.82, 2.24) is 24.7 Å². The van der Waals surface area contributed by atoms with Crippen molar-refractivity contribution in [3.8, 4) is 23.0 Å². The van der Waals surface area contributed by atoms with Crippen molar-refractivity contribution in [3.05, 3.63) is 91.0 Å². The summed E-state index contributed by atoms with van der Waals surface area (Å²) in [5, 5.41) is 7.07. The summed E-state index contributed by atoms with van der Waals surface area (Å²) < 4.78 is 34.2. The van der Waals surface area contributed by atoms with Gasteiger partial charge in [-0.05, 0) is 48.5 Å². The van der Waals surface area contributed by atoms with Gasteiger partial charge in [0.05, 0.1) is 22.3 Å². The van der Waals surface area contributed by atoms with E-state index >= 15 is 0 Å². The second kappa shape index (κ2) is 9.02. The molecule has 0 aliphatic heterocycles. The molecule has 8 nitrogen and oxygen atoms in total. The summed E-state index contributed by atoms with van der Waals surface area (Å²) in [6.07, 6.45) is 3.04. The molecule has 0 radical (unpaired) electrons. The Morgan fingerprint density at radius 1 is 1.00 bits per heavy atom. The topological polar surface area (TPSA) is 94.8 Å². The molecular formula is C24H16F2N6O2. The van der Waals surface area contributed by atoms with E-state index in [1.54, 1.807) is 23.1 Å². The van der Waals surface area contributed by atoms with Crippen LogP contribution in [0.3, 0.4) is 0 Å². The fourth-order valence-electron chi connectivity index (χ4n) is 3.30. The number of hydrogen-bond acceptors (Lipinski definition) is 6. The van der Waals surface area contributed by atoms with Crippen LogP contribution in [0.25, 0.3) is 28.0 Å². The third-order valence-electron chi connectivity index (χ3n) is 4.92. The lowest BCUT2D eigenvalue weighted by Crippen LogP contribution is -2.21. The molecule has 0 saturated heterocycles. The Kier molecular flexibility index (Phi) is 5.61. The zero-order valence-corrected chi connectivity index (χ0v) is 17.5. The largest absolute Gasteiger partial charge is 0.467 e. The van der Waals surface area contributed by atoms with Crippen molar-refractivity contribution < 1.29 is 18.3 Å². The molecule has 0 unspecified atom stereocenters. The third kappa shape index (κ3) is 4.42. The zero-order valence-electron chi connectivity index (χ0n) is 17.5. The average Bonchev–Trinajstić information content (AvgIpc) is 3.39. The van der Waals surface area contributed by atoms with E-state index in [2.05, 4.69) is 25.4 Å². The molecule has 0 saturated carbocycles. The van der Waals surface area contributed by atoms with Crippen LogP contribution >= 0.6 is 0 Å². The summed E-state index contributed by atoms with van der Waals surface area (Å²) in [6, 6.07) is 17.5. The van der Waals surface area contributed by atoms with E-state index in [9.17, 15) is 13.6 Å². The highest BCUT2D eigenvalue weighted by Gasteiger charge is 2.14. The van der Waals surface area contributed by atoms with E-state index in [1.807, 2.05) is 36.4 Å². The molecule has 1 N–H and O–H groups in total. The van der Waals surface area contributed by atoms with Gasteiger partial charge in [-0.25, -0.2) is 23.4 Å². The number of carbonyl (C=O) groups is 1. The second-order valence-electron chi connectivity index (χ2n) is 7.22. The number of ether oxygens (including phenoxy) is 1. The van der Waals surface area contributed by atoms with Crippen LogP contribution in [0.15, 0.2) is 79.4 Å². The van der Waals surface area contributed by atoms with E-state index in [0.29, 0.717) is 22.8 Å². The van der Waals surface area contributed by atoms with Gasteiger partial charge in [0.2, 0.25) is 5.88 Å². The van der Waals surface area contributed by atoms with Crippen LogP contribution in [0.2, 0.25) is 0 Å². The molecule has 5 rings (SSSR count).